The summed E-state index contributed by atoms with van der Waals surface area (Å²) in [5.41, 5.74) is 0. The van der Waals surface area contributed by atoms with E-state index in [9.17, 15) is 4.79 Å². The average Bonchev–Trinajstić information content (AvgIpc) is 2.39. The lowest BCUT2D eigenvalue weighted by Gasteiger charge is -2.35. The van der Waals surface area contributed by atoms with E-state index in [1.54, 1.807) is 19.2 Å². The quantitative estimate of drug-likeness (QED) is 0.756. The SMILES string of the molecule is CNC(=O)C1CNCCN1c1ccc(Cl)nn1. The van der Waals surface area contributed by atoms with Crippen molar-refractivity contribution >= 4 is 23.3 Å². The highest BCUT2D eigenvalue weighted by Crippen LogP contribution is 2.16. The number of amides is 1. The van der Waals surface area contributed by atoms with Gasteiger partial charge in [0.1, 0.15) is 6.04 Å². The Hall–Kier alpha value is -1.40. The van der Waals surface area contributed by atoms with E-state index in [1.165, 1.54) is 0 Å². The zero-order chi connectivity index (χ0) is 12.3. The van der Waals surface area contributed by atoms with Gasteiger partial charge in [-0.3, -0.25) is 4.79 Å². The maximum Gasteiger partial charge on any atom is 0.243 e. The van der Waals surface area contributed by atoms with Gasteiger partial charge < -0.3 is 15.5 Å². The molecule has 92 valence electrons. The van der Waals surface area contributed by atoms with Gasteiger partial charge in [-0.1, -0.05) is 11.6 Å². The van der Waals surface area contributed by atoms with Crippen LogP contribution in [0.1, 0.15) is 0 Å². The molecule has 1 amide bonds. The van der Waals surface area contributed by atoms with Crippen LogP contribution >= 0.6 is 11.6 Å². The van der Waals surface area contributed by atoms with Gasteiger partial charge in [-0.25, -0.2) is 0 Å². The van der Waals surface area contributed by atoms with Crippen molar-refractivity contribution < 1.29 is 4.79 Å². The molecule has 1 aliphatic rings. The summed E-state index contributed by atoms with van der Waals surface area (Å²) in [6, 6.07) is 3.19. The van der Waals surface area contributed by atoms with E-state index in [1.807, 2.05) is 4.90 Å². The minimum atomic E-state index is -0.260. The minimum Gasteiger partial charge on any atom is -0.357 e. The lowest BCUT2D eigenvalue weighted by atomic mass is 10.2. The lowest BCUT2D eigenvalue weighted by Crippen LogP contribution is -2.58. The molecule has 2 heterocycles. The van der Waals surface area contributed by atoms with Crippen molar-refractivity contribution in [2.45, 2.75) is 6.04 Å². The minimum absolute atomic E-state index is 0.0334. The number of likely N-dealkylation sites (N-methyl/N-ethyl adjacent to an activating group) is 1. The third kappa shape index (κ3) is 2.65. The summed E-state index contributed by atoms with van der Waals surface area (Å²) in [4.78, 5) is 13.7. The number of aromatic nitrogens is 2. The fraction of sp³-hybridized carbons (Fsp3) is 0.500. The van der Waals surface area contributed by atoms with Crippen LogP contribution in [0.2, 0.25) is 5.15 Å². The summed E-state index contributed by atoms with van der Waals surface area (Å²) in [6.07, 6.45) is 0. The molecule has 1 unspecified atom stereocenters. The lowest BCUT2D eigenvalue weighted by molar-refractivity contribution is -0.122. The van der Waals surface area contributed by atoms with E-state index < -0.39 is 0 Å². The van der Waals surface area contributed by atoms with Gasteiger partial charge in [-0.2, -0.15) is 0 Å². The Kier molecular flexibility index (Phi) is 3.75. The molecule has 2 N–H and O–H groups in total. The number of piperazine rings is 1. The molecule has 0 aliphatic carbocycles. The third-order valence-electron chi connectivity index (χ3n) is 2.70. The Morgan fingerprint density at radius 1 is 1.59 bits per heavy atom. The van der Waals surface area contributed by atoms with Crippen molar-refractivity contribution in [2.75, 3.05) is 31.6 Å². The average molecular weight is 256 g/mol. The first-order chi connectivity index (χ1) is 8.22. The van der Waals surface area contributed by atoms with Crippen molar-refractivity contribution in [1.82, 2.24) is 20.8 Å². The normalized spacial score (nSPS) is 20.1. The van der Waals surface area contributed by atoms with Crippen molar-refractivity contribution in [3.8, 4) is 0 Å². The second-order valence-electron chi connectivity index (χ2n) is 3.74. The predicted molar refractivity (Wildman–Crippen MR) is 65.1 cm³/mol. The molecule has 1 aromatic rings. The van der Waals surface area contributed by atoms with Crippen molar-refractivity contribution in [3.63, 3.8) is 0 Å². The highest BCUT2D eigenvalue weighted by atomic mass is 35.5. The maximum atomic E-state index is 11.8. The highest BCUT2D eigenvalue weighted by Gasteiger charge is 2.28. The number of nitrogens with zero attached hydrogens (tertiary/aromatic N) is 3. The van der Waals surface area contributed by atoms with Crippen LogP contribution in [0.3, 0.4) is 0 Å². The Labute approximate surface area is 104 Å². The van der Waals surface area contributed by atoms with Gasteiger partial charge in [0.25, 0.3) is 0 Å². The molecular formula is C10H14ClN5O. The Balaban J connectivity index is 2.21. The topological polar surface area (TPSA) is 70.2 Å². The van der Waals surface area contributed by atoms with E-state index in [0.717, 1.165) is 6.54 Å². The molecule has 6 nitrogen and oxygen atoms in total. The van der Waals surface area contributed by atoms with Crippen LogP contribution in [-0.2, 0) is 4.79 Å². The molecule has 0 bridgehead atoms. The van der Waals surface area contributed by atoms with Crippen molar-refractivity contribution in [1.29, 1.82) is 0 Å². The Morgan fingerprint density at radius 2 is 2.41 bits per heavy atom. The summed E-state index contributed by atoms with van der Waals surface area (Å²) >= 11 is 5.69. The smallest absolute Gasteiger partial charge is 0.243 e. The van der Waals surface area contributed by atoms with E-state index in [0.29, 0.717) is 24.1 Å². The third-order valence-corrected chi connectivity index (χ3v) is 2.91. The van der Waals surface area contributed by atoms with E-state index in [2.05, 4.69) is 20.8 Å². The number of nitrogens with one attached hydrogen (secondary N) is 2. The molecule has 1 aromatic heterocycles. The second kappa shape index (κ2) is 5.29. The van der Waals surface area contributed by atoms with Crippen LogP contribution in [0.5, 0.6) is 0 Å². The van der Waals surface area contributed by atoms with E-state index in [-0.39, 0.29) is 11.9 Å². The van der Waals surface area contributed by atoms with Crippen LogP contribution in [0.15, 0.2) is 12.1 Å². The van der Waals surface area contributed by atoms with Gasteiger partial charge in [0.2, 0.25) is 5.91 Å². The van der Waals surface area contributed by atoms with Gasteiger partial charge in [-0.05, 0) is 12.1 Å². The van der Waals surface area contributed by atoms with Gasteiger partial charge in [0.05, 0.1) is 0 Å². The van der Waals surface area contributed by atoms with Crippen LogP contribution in [0, 0.1) is 0 Å². The molecule has 0 spiro atoms. The Morgan fingerprint density at radius 3 is 3.06 bits per heavy atom. The number of carbonyl (C=O) groups is 1. The first-order valence-electron chi connectivity index (χ1n) is 5.40. The molecule has 17 heavy (non-hydrogen) atoms. The monoisotopic (exact) mass is 255 g/mol. The fourth-order valence-corrected chi connectivity index (χ4v) is 1.94. The predicted octanol–water partition coefficient (Wildman–Crippen LogP) is -0.346. The molecule has 1 aliphatic heterocycles. The molecule has 1 atom stereocenters. The molecule has 0 saturated carbocycles. The van der Waals surface area contributed by atoms with Gasteiger partial charge in [0, 0.05) is 26.7 Å². The summed E-state index contributed by atoms with van der Waals surface area (Å²) in [7, 11) is 1.63. The Bertz CT molecular complexity index is 396. The van der Waals surface area contributed by atoms with Crippen LogP contribution < -0.4 is 15.5 Å². The summed E-state index contributed by atoms with van der Waals surface area (Å²) < 4.78 is 0. The number of anilines is 1. The number of hydrogen-bond acceptors (Lipinski definition) is 5. The maximum absolute atomic E-state index is 11.8. The number of hydrogen-bond donors (Lipinski definition) is 2. The summed E-state index contributed by atoms with van der Waals surface area (Å²) in [5, 5.41) is 14.0. The van der Waals surface area contributed by atoms with Crippen LogP contribution in [0.4, 0.5) is 5.82 Å². The fourth-order valence-electron chi connectivity index (χ4n) is 1.84. The second-order valence-corrected chi connectivity index (χ2v) is 4.13. The van der Waals surface area contributed by atoms with Gasteiger partial charge >= 0.3 is 0 Å². The summed E-state index contributed by atoms with van der Waals surface area (Å²) in [6.45, 7) is 2.14. The van der Waals surface area contributed by atoms with E-state index >= 15 is 0 Å². The van der Waals surface area contributed by atoms with Gasteiger partial charge in [-0.15, -0.1) is 10.2 Å². The zero-order valence-corrected chi connectivity index (χ0v) is 10.2. The molecule has 7 heteroatoms. The molecule has 1 fully saturated rings. The van der Waals surface area contributed by atoms with Gasteiger partial charge in [0.15, 0.2) is 11.0 Å². The molecule has 0 radical (unpaired) electrons. The first-order valence-corrected chi connectivity index (χ1v) is 5.78. The molecule has 0 aromatic carbocycles. The van der Waals surface area contributed by atoms with Crippen LogP contribution in [-0.4, -0.2) is 48.8 Å². The standard InChI is InChI=1S/C10H14ClN5O/c1-12-10(17)7-6-13-4-5-16(7)9-3-2-8(11)14-15-9/h2-3,7,13H,4-6H2,1H3,(H,12,17). The van der Waals surface area contributed by atoms with Crippen molar-refractivity contribution in [3.05, 3.63) is 17.3 Å². The van der Waals surface area contributed by atoms with Crippen LogP contribution in [0.25, 0.3) is 0 Å². The van der Waals surface area contributed by atoms with Crippen molar-refractivity contribution in [2.24, 2.45) is 0 Å². The molecule has 2 rings (SSSR count). The molecule has 1 saturated heterocycles. The first kappa shape index (κ1) is 12.1. The highest BCUT2D eigenvalue weighted by molar-refractivity contribution is 6.29. The molecular weight excluding hydrogens is 242 g/mol. The summed E-state index contributed by atoms with van der Waals surface area (Å²) in [5.74, 6) is 0.637. The number of carbonyl (C=O) groups excluding carboxylic acids is 1. The van der Waals surface area contributed by atoms with E-state index in [4.69, 9.17) is 11.6 Å². The number of rotatable bonds is 2. The zero-order valence-electron chi connectivity index (χ0n) is 9.48. The number of halogens is 1. The largest absolute Gasteiger partial charge is 0.357 e.